The molecule has 5 heteroatoms. The van der Waals surface area contributed by atoms with Crippen LogP contribution in [0.15, 0.2) is 48.5 Å². The minimum Gasteiger partial charge on any atom is -0.325 e. The second-order valence-electron chi connectivity index (χ2n) is 4.85. The van der Waals surface area contributed by atoms with Crippen LogP contribution in [0.5, 0.6) is 0 Å². The Kier molecular flexibility index (Phi) is 3.73. The smallest absolute Gasteiger partial charge is 0.105 e. The summed E-state index contributed by atoms with van der Waals surface area (Å²) in [5.74, 6) is 0. The van der Waals surface area contributed by atoms with E-state index in [0.717, 1.165) is 28.2 Å². The van der Waals surface area contributed by atoms with E-state index >= 15 is 0 Å². The number of aromatic nitrogens is 3. The zero-order valence-corrected chi connectivity index (χ0v) is 12.4. The van der Waals surface area contributed by atoms with Crippen molar-refractivity contribution in [2.45, 2.75) is 13.5 Å². The summed E-state index contributed by atoms with van der Waals surface area (Å²) >= 11 is 6.10. The first-order chi connectivity index (χ1) is 10.2. The molecule has 2 N–H and O–H groups in total. The fourth-order valence-corrected chi connectivity index (χ4v) is 2.51. The molecule has 1 aromatic heterocycles. The number of nitrogens with zero attached hydrogens (tertiary/aromatic N) is 3. The maximum Gasteiger partial charge on any atom is 0.105 e. The first-order valence-electron chi connectivity index (χ1n) is 6.66. The lowest BCUT2D eigenvalue weighted by molar-refractivity contribution is 0.799. The molecule has 4 nitrogen and oxygen atoms in total. The summed E-state index contributed by atoms with van der Waals surface area (Å²) < 4.78 is 1.81. The minimum atomic E-state index is 0.327. The van der Waals surface area contributed by atoms with Crippen molar-refractivity contribution >= 4 is 11.6 Å². The Morgan fingerprint density at radius 3 is 2.67 bits per heavy atom. The van der Waals surface area contributed by atoms with Gasteiger partial charge in [-0.25, -0.2) is 4.68 Å². The van der Waals surface area contributed by atoms with Crippen molar-refractivity contribution < 1.29 is 0 Å². The van der Waals surface area contributed by atoms with Crippen LogP contribution in [-0.2, 0) is 6.54 Å². The first kappa shape index (κ1) is 13.8. The van der Waals surface area contributed by atoms with E-state index in [1.54, 1.807) is 4.68 Å². The highest BCUT2D eigenvalue weighted by Gasteiger charge is 2.15. The molecule has 0 atom stereocenters. The lowest BCUT2D eigenvalue weighted by atomic mass is 10.1. The third-order valence-electron chi connectivity index (χ3n) is 3.28. The van der Waals surface area contributed by atoms with Crippen LogP contribution < -0.4 is 5.73 Å². The fraction of sp³-hybridized carbons (Fsp3) is 0.125. The largest absolute Gasteiger partial charge is 0.325 e. The molecular weight excluding hydrogens is 284 g/mol. The van der Waals surface area contributed by atoms with Crippen molar-refractivity contribution in [1.29, 1.82) is 0 Å². The Balaban J connectivity index is 2.21. The zero-order valence-electron chi connectivity index (χ0n) is 11.6. The first-order valence-corrected chi connectivity index (χ1v) is 7.04. The van der Waals surface area contributed by atoms with Gasteiger partial charge in [0.25, 0.3) is 0 Å². The molecule has 0 spiro atoms. The molecular formula is C16H15ClN4. The second-order valence-corrected chi connectivity index (χ2v) is 5.29. The van der Waals surface area contributed by atoms with E-state index in [-0.39, 0.29) is 0 Å². The van der Waals surface area contributed by atoms with Gasteiger partial charge in [0, 0.05) is 17.1 Å². The Morgan fingerprint density at radius 1 is 1.14 bits per heavy atom. The molecule has 3 rings (SSSR count). The van der Waals surface area contributed by atoms with Crippen molar-refractivity contribution in [3.05, 3.63) is 64.8 Å². The van der Waals surface area contributed by atoms with Crippen LogP contribution in [0.1, 0.15) is 11.3 Å². The standard InChI is InChI=1S/C16H15ClN4/c1-11-4-2-7-14(8-11)21-16(15(10-18)19-20-21)12-5-3-6-13(17)9-12/h2-9H,10,18H2,1H3. The van der Waals surface area contributed by atoms with Crippen LogP contribution in [0.3, 0.4) is 0 Å². The molecule has 0 radical (unpaired) electrons. The summed E-state index contributed by atoms with van der Waals surface area (Å²) in [4.78, 5) is 0. The normalized spacial score (nSPS) is 10.8. The second kappa shape index (κ2) is 5.68. The molecule has 1 heterocycles. The van der Waals surface area contributed by atoms with Gasteiger partial charge in [-0.15, -0.1) is 5.10 Å². The molecule has 0 aliphatic rings. The molecule has 0 aliphatic heterocycles. The average molecular weight is 299 g/mol. The maximum absolute atomic E-state index is 6.10. The van der Waals surface area contributed by atoms with Gasteiger partial charge in [-0.05, 0) is 36.8 Å². The highest BCUT2D eigenvalue weighted by atomic mass is 35.5. The Hall–Kier alpha value is -2.17. The third-order valence-corrected chi connectivity index (χ3v) is 3.51. The van der Waals surface area contributed by atoms with E-state index < -0.39 is 0 Å². The fourth-order valence-electron chi connectivity index (χ4n) is 2.32. The topological polar surface area (TPSA) is 56.7 Å². The van der Waals surface area contributed by atoms with Crippen molar-refractivity contribution in [2.24, 2.45) is 5.73 Å². The van der Waals surface area contributed by atoms with E-state index in [1.165, 1.54) is 0 Å². The van der Waals surface area contributed by atoms with E-state index in [2.05, 4.69) is 16.4 Å². The molecule has 0 aliphatic carbocycles. The van der Waals surface area contributed by atoms with Gasteiger partial charge in [-0.1, -0.05) is 41.1 Å². The SMILES string of the molecule is Cc1cccc(-n2nnc(CN)c2-c2cccc(Cl)c2)c1. The van der Waals surface area contributed by atoms with Gasteiger partial charge in [0.05, 0.1) is 11.4 Å². The summed E-state index contributed by atoms with van der Waals surface area (Å²) in [7, 11) is 0. The number of benzene rings is 2. The molecule has 3 aromatic rings. The third kappa shape index (κ3) is 2.68. The Bertz CT molecular complexity index is 779. The lowest BCUT2D eigenvalue weighted by Gasteiger charge is -2.09. The molecule has 0 saturated carbocycles. The van der Waals surface area contributed by atoms with Gasteiger partial charge in [0.15, 0.2) is 0 Å². The summed E-state index contributed by atoms with van der Waals surface area (Å²) in [5, 5.41) is 9.11. The van der Waals surface area contributed by atoms with Crippen molar-refractivity contribution in [2.75, 3.05) is 0 Å². The molecule has 0 fully saturated rings. The quantitative estimate of drug-likeness (QED) is 0.806. The molecule has 0 amide bonds. The van der Waals surface area contributed by atoms with Crippen molar-refractivity contribution in [1.82, 2.24) is 15.0 Å². The van der Waals surface area contributed by atoms with E-state index in [0.29, 0.717) is 11.6 Å². The summed E-state index contributed by atoms with van der Waals surface area (Å²) in [5.41, 5.74) is 10.5. The predicted molar refractivity (Wildman–Crippen MR) is 84.4 cm³/mol. The maximum atomic E-state index is 6.10. The van der Waals surface area contributed by atoms with Gasteiger partial charge in [0.2, 0.25) is 0 Å². The average Bonchev–Trinajstić information content (AvgIpc) is 2.91. The van der Waals surface area contributed by atoms with E-state index in [1.807, 2.05) is 49.4 Å². The van der Waals surface area contributed by atoms with Crippen LogP contribution in [-0.4, -0.2) is 15.0 Å². The van der Waals surface area contributed by atoms with Crippen molar-refractivity contribution in [3.8, 4) is 16.9 Å². The molecule has 0 bridgehead atoms. The number of halogens is 1. The zero-order chi connectivity index (χ0) is 14.8. The van der Waals surface area contributed by atoms with Crippen LogP contribution in [0.4, 0.5) is 0 Å². The number of nitrogens with two attached hydrogens (primary N) is 1. The van der Waals surface area contributed by atoms with Crippen molar-refractivity contribution in [3.63, 3.8) is 0 Å². The summed E-state index contributed by atoms with van der Waals surface area (Å²) in [6.45, 7) is 2.37. The number of hydrogen-bond donors (Lipinski definition) is 1. The van der Waals surface area contributed by atoms with Crippen LogP contribution >= 0.6 is 11.6 Å². The van der Waals surface area contributed by atoms with Crippen LogP contribution in [0.25, 0.3) is 16.9 Å². The molecule has 0 unspecified atom stereocenters. The predicted octanol–water partition coefficient (Wildman–Crippen LogP) is 3.35. The molecule has 2 aromatic carbocycles. The number of rotatable bonds is 3. The molecule has 0 saturated heterocycles. The molecule has 106 valence electrons. The summed E-state index contributed by atoms with van der Waals surface area (Å²) in [6, 6.07) is 15.7. The van der Waals surface area contributed by atoms with Gasteiger partial charge in [-0.3, -0.25) is 0 Å². The lowest BCUT2D eigenvalue weighted by Crippen LogP contribution is -2.02. The van der Waals surface area contributed by atoms with E-state index in [9.17, 15) is 0 Å². The molecule has 21 heavy (non-hydrogen) atoms. The highest BCUT2D eigenvalue weighted by molar-refractivity contribution is 6.30. The van der Waals surface area contributed by atoms with Gasteiger partial charge < -0.3 is 5.73 Å². The van der Waals surface area contributed by atoms with Gasteiger partial charge in [0.1, 0.15) is 5.69 Å². The minimum absolute atomic E-state index is 0.327. The number of hydrogen-bond acceptors (Lipinski definition) is 3. The monoisotopic (exact) mass is 298 g/mol. The van der Waals surface area contributed by atoms with Gasteiger partial charge in [-0.2, -0.15) is 0 Å². The van der Waals surface area contributed by atoms with Crippen LogP contribution in [0.2, 0.25) is 5.02 Å². The highest BCUT2D eigenvalue weighted by Crippen LogP contribution is 2.27. The van der Waals surface area contributed by atoms with Crippen LogP contribution in [0, 0.1) is 6.92 Å². The number of aryl methyl sites for hydroxylation is 1. The Morgan fingerprint density at radius 2 is 1.95 bits per heavy atom. The van der Waals surface area contributed by atoms with E-state index in [4.69, 9.17) is 17.3 Å². The Labute approximate surface area is 128 Å². The van der Waals surface area contributed by atoms with Gasteiger partial charge >= 0.3 is 0 Å². The summed E-state index contributed by atoms with van der Waals surface area (Å²) in [6.07, 6.45) is 0.